The lowest BCUT2D eigenvalue weighted by atomic mass is 9.95. The summed E-state index contributed by atoms with van der Waals surface area (Å²) in [7, 11) is 0. The van der Waals surface area contributed by atoms with Gasteiger partial charge in [0.25, 0.3) is 0 Å². The normalized spacial score (nSPS) is 20.3. The van der Waals surface area contributed by atoms with Crippen LogP contribution >= 0.6 is 11.8 Å². The molecule has 0 aliphatic carbocycles. The van der Waals surface area contributed by atoms with Crippen molar-refractivity contribution in [1.82, 2.24) is 5.32 Å². The Bertz CT molecular complexity index is 378. The van der Waals surface area contributed by atoms with Crippen molar-refractivity contribution >= 4 is 11.8 Å². The van der Waals surface area contributed by atoms with Crippen molar-refractivity contribution in [3.8, 4) is 0 Å². The van der Waals surface area contributed by atoms with Gasteiger partial charge in [-0.25, -0.2) is 4.39 Å². The molecule has 2 rings (SSSR count). The standard InChI is InChI=1S/C13H18FNS/c1-3-15-12-6-7-16-8-10-9(2)4-5-11(14)13(10)12/h4-5,12,15H,3,6-8H2,1-2H3. The van der Waals surface area contributed by atoms with E-state index in [1.807, 2.05) is 17.8 Å². The van der Waals surface area contributed by atoms with Crippen molar-refractivity contribution in [2.45, 2.75) is 32.1 Å². The molecule has 0 saturated heterocycles. The van der Waals surface area contributed by atoms with E-state index >= 15 is 0 Å². The Kier molecular flexibility index (Phi) is 3.87. The van der Waals surface area contributed by atoms with Crippen LogP contribution in [0.25, 0.3) is 0 Å². The maximum atomic E-state index is 14.0. The number of benzene rings is 1. The topological polar surface area (TPSA) is 12.0 Å². The van der Waals surface area contributed by atoms with Gasteiger partial charge in [0.2, 0.25) is 0 Å². The van der Waals surface area contributed by atoms with E-state index in [-0.39, 0.29) is 11.9 Å². The van der Waals surface area contributed by atoms with E-state index in [2.05, 4.69) is 19.2 Å². The smallest absolute Gasteiger partial charge is 0.128 e. The van der Waals surface area contributed by atoms with Crippen LogP contribution in [0.2, 0.25) is 0 Å². The maximum absolute atomic E-state index is 14.0. The highest BCUT2D eigenvalue weighted by molar-refractivity contribution is 7.98. The average Bonchev–Trinajstić information content (AvgIpc) is 2.48. The highest BCUT2D eigenvalue weighted by Crippen LogP contribution is 2.34. The molecule has 1 aromatic rings. The van der Waals surface area contributed by atoms with Gasteiger partial charge < -0.3 is 5.32 Å². The second-order valence-corrected chi connectivity index (χ2v) is 5.31. The first kappa shape index (κ1) is 11.9. The zero-order chi connectivity index (χ0) is 11.5. The summed E-state index contributed by atoms with van der Waals surface area (Å²) in [6.45, 7) is 5.04. The Labute approximate surface area is 101 Å². The lowest BCUT2D eigenvalue weighted by Crippen LogP contribution is -2.23. The van der Waals surface area contributed by atoms with E-state index in [1.165, 1.54) is 11.1 Å². The van der Waals surface area contributed by atoms with Gasteiger partial charge in [-0.15, -0.1) is 0 Å². The molecular weight excluding hydrogens is 221 g/mol. The number of hydrogen-bond donors (Lipinski definition) is 1. The van der Waals surface area contributed by atoms with Crippen LogP contribution in [0.15, 0.2) is 12.1 Å². The Morgan fingerprint density at radius 1 is 1.50 bits per heavy atom. The van der Waals surface area contributed by atoms with Crippen molar-refractivity contribution in [3.63, 3.8) is 0 Å². The first-order valence-electron chi connectivity index (χ1n) is 5.83. The molecule has 3 heteroatoms. The fraction of sp³-hybridized carbons (Fsp3) is 0.538. The first-order valence-corrected chi connectivity index (χ1v) is 6.98. The van der Waals surface area contributed by atoms with Crippen LogP contribution in [-0.4, -0.2) is 12.3 Å². The minimum atomic E-state index is -0.0472. The number of hydrogen-bond acceptors (Lipinski definition) is 2. The van der Waals surface area contributed by atoms with Crippen LogP contribution in [0.3, 0.4) is 0 Å². The predicted molar refractivity (Wildman–Crippen MR) is 68.3 cm³/mol. The molecule has 0 spiro atoms. The van der Waals surface area contributed by atoms with Gasteiger partial charge >= 0.3 is 0 Å². The molecule has 1 N–H and O–H groups in total. The van der Waals surface area contributed by atoms with Gasteiger partial charge in [0.1, 0.15) is 5.82 Å². The van der Waals surface area contributed by atoms with Crippen LogP contribution in [0.4, 0.5) is 4.39 Å². The molecule has 88 valence electrons. The summed E-state index contributed by atoms with van der Waals surface area (Å²) in [4.78, 5) is 0. The summed E-state index contributed by atoms with van der Waals surface area (Å²) < 4.78 is 14.0. The number of thioether (sulfide) groups is 1. The molecule has 16 heavy (non-hydrogen) atoms. The first-order chi connectivity index (χ1) is 7.74. The van der Waals surface area contributed by atoms with E-state index < -0.39 is 0 Å². The van der Waals surface area contributed by atoms with Gasteiger partial charge in [-0.3, -0.25) is 0 Å². The van der Waals surface area contributed by atoms with Crippen LogP contribution in [0, 0.1) is 12.7 Å². The molecule has 0 fully saturated rings. The van der Waals surface area contributed by atoms with E-state index in [1.54, 1.807) is 6.07 Å². The summed E-state index contributed by atoms with van der Waals surface area (Å²) in [5.74, 6) is 2.00. The minimum Gasteiger partial charge on any atom is -0.310 e. The number of rotatable bonds is 2. The molecule has 1 nitrogen and oxygen atoms in total. The Balaban J connectivity index is 2.46. The van der Waals surface area contributed by atoms with E-state index in [9.17, 15) is 4.39 Å². The fourth-order valence-electron chi connectivity index (χ4n) is 2.28. The summed E-state index contributed by atoms with van der Waals surface area (Å²) in [6, 6.07) is 3.69. The summed E-state index contributed by atoms with van der Waals surface area (Å²) in [6.07, 6.45) is 1.02. The molecule has 1 aliphatic rings. The molecule has 1 heterocycles. The molecule has 1 atom stereocenters. The van der Waals surface area contributed by atoms with Crippen LogP contribution in [-0.2, 0) is 5.75 Å². The van der Waals surface area contributed by atoms with Gasteiger partial charge in [-0.1, -0.05) is 13.0 Å². The lowest BCUT2D eigenvalue weighted by molar-refractivity contribution is 0.502. The van der Waals surface area contributed by atoms with E-state index in [0.29, 0.717) is 0 Å². The molecule has 0 amide bonds. The molecule has 1 aromatic carbocycles. The average molecular weight is 239 g/mol. The minimum absolute atomic E-state index is 0.0472. The highest BCUT2D eigenvalue weighted by atomic mass is 32.2. The zero-order valence-electron chi connectivity index (χ0n) is 9.85. The van der Waals surface area contributed by atoms with Crippen molar-refractivity contribution in [1.29, 1.82) is 0 Å². The number of fused-ring (bicyclic) bond motifs is 1. The molecule has 0 radical (unpaired) electrons. The van der Waals surface area contributed by atoms with Gasteiger partial charge in [0.15, 0.2) is 0 Å². The quantitative estimate of drug-likeness (QED) is 0.848. The van der Waals surface area contributed by atoms with Crippen LogP contribution in [0.1, 0.15) is 36.1 Å². The van der Waals surface area contributed by atoms with Gasteiger partial charge in [-0.2, -0.15) is 11.8 Å². The molecule has 0 aromatic heterocycles. The number of halogens is 1. The second-order valence-electron chi connectivity index (χ2n) is 4.21. The molecule has 0 bridgehead atoms. The van der Waals surface area contributed by atoms with Gasteiger partial charge in [0.05, 0.1) is 0 Å². The van der Waals surface area contributed by atoms with E-state index in [4.69, 9.17) is 0 Å². The SMILES string of the molecule is CCNC1CCSCc2c(C)ccc(F)c21. The molecule has 1 unspecified atom stereocenters. The van der Waals surface area contributed by atoms with Crippen LogP contribution in [0.5, 0.6) is 0 Å². The Morgan fingerprint density at radius 3 is 3.06 bits per heavy atom. The highest BCUT2D eigenvalue weighted by Gasteiger charge is 2.22. The third kappa shape index (κ3) is 2.25. The van der Waals surface area contributed by atoms with Crippen molar-refractivity contribution < 1.29 is 4.39 Å². The molecular formula is C13H18FNS. The summed E-state index contributed by atoms with van der Waals surface area (Å²) in [5, 5.41) is 3.40. The largest absolute Gasteiger partial charge is 0.310 e. The fourth-order valence-corrected chi connectivity index (χ4v) is 3.42. The monoisotopic (exact) mass is 239 g/mol. The molecule has 0 saturated carbocycles. The van der Waals surface area contributed by atoms with Gasteiger partial charge in [0, 0.05) is 17.4 Å². The molecule has 1 aliphatic heterocycles. The zero-order valence-corrected chi connectivity index (χ0v) is 10.7. The third-order valence-corrected chi connectivity index (χ3v) is 4.15. The maximum Gasteiger partial charge on any atom is 0.128 e. The number of nitrogens with one attached hydrogen (secondary N) is 1. The number of aryl methyl sites for hydroxylation is 1. The summed E-state index contributed by atoms with van der Waals surface area (Å²) in [5.41, 5.74) is 3.33. The third-order valence-electron chi connectivity index (χ3n) is 3.13. The predicted octanol–water partition coefficient (Wildman–Crippen LogP) is 3.42. The second kappa shape index (κ2) is 5.19. The van der Waals surface area contributed by atoms with Crippen LogP contribution < -0.4 is 5.32 Å². The summed E-state index contributed by atoms with van der Waals surface area (Å²) >= 11 is 1.90. The van der Waals surface area contributed by atoms with Crippen molar-refractivity contribution in [3.05, 3.63) is 34.6 Å². The lowest BCUT2D eigenvalue weighted by Gasteiger charge is -2.20. The van der Waals surface area contributed by atoms with E-state index in [0.717, 1.165) is 30.0 Å². The van der Waals surface area contributed by atoms with Crippen molar-refractivity contribution in [2.75, 3.05) is 12.3 Å². The Hall–Kier alpha value is -0.540. The van der Waals surface area contributed by atoms with Crippen molar-refractivity contribution in [2.24, 2.45) is 0 Å². The Morgan fingerprint density at radius 2 is 2.31 bits per heavy atom. The van der Waals surface area contributed by atoms with Gasteiger partial charge in [-0.05, 0) is 42.8 Å².